The van der Waals surface area contributed by atoms with Crippen LogP contribution >= 0.6 is 0 Å². The predicted molar refractivity (Wildman–Crippen MR) is 77.8 cm³/mol. The summed E-state index contributed by atoms with van der Waals surface area (Å²) in [5.41, 5.74) is 1.10. The Morgan fingerprint density at radius 1 is 1.47 bits per heavy atom. The van der Waals surface area contributed by atoms with E-state index < -0.39 is 0 Å². The maximum Gasteiger partial charge on any atom is 0.123 e. The molecule has 0 amide bonds. The van der Waals surface area contributed by atoms with Gasteiger partial charge in [-0.25, -0.2) is 4.39 Å². The van der Waals surface area contributed by atoms with Crippen molar-refractivity contribution in [3.05, 3.63) is 35.6 Å². The van der Waals surface area contributed by atoms with Gasteiger partial charge in [-0.15, -0.1) is 0 Å². The molecule has 0 radical (unpaired) electrons. The van der Waals surface area contributed by atoms with Crippen molar-refractivity contribution < 1.29 is 4.39 Å². The molecule has 1 aliphatic heterocycles. The van der Waals surface area contributed by atoms with E-state index in [1.807, 2.05) is 13.1 Å². The molecule has 1 N–H and O–H groups in total. The first-order valence-corrected chi connectivity index (χ1v) is 7.32. The van der Waals surface area contributed by atoms with Crippen LogP contribution in [0.5, 0.6) is 0 Å². The molecule has 2 unspecified atom stereocenters. The van der Waals surface area contributed by atoms with Gasteiger partial charge in [0.1, 0.15) is 5.82 Å². The van der Waals surface area contributed by atoms with Gasteiger partial charge in [0.15, 0.2) is 0 Å². The smallest absolute Gasteiger partial charge is 0.123 e. The van der Waals surface area contributed by atoms with Crippen LogP contribution in [0.15, 0.2) is 24.3 Å². The Hall–Kier alpha value is -0.930. The molecule has 1 aromatic rings. The van der Waals surface area contributed by atoms with Crippen LogP contribution in [0.1, 0.15) is 25.3 Å². The summed E-state index contributed by atoms with van der Waals surface area (Å²) < 4.78 is 13.2. The summed E-state index contributed by atoms with van der Waals surface area (Å²) in [6, 6.07) is 7.48. The first-order chi connectivity index (χ1) is 9.19. The standard InChI is InChI=1S/C16H25FN2/c1-13(9-14-5-3-7-16(17)10-14)19-8-4-6-15(12-19)11-18-2/h3,5,7,10,13,15,18H,4,6,8-9,11-12H2,1-2H3. The number of nitrogens with one attached hydrogen (secondary N) is 1. The van der Waals surface area contributed by atoms with Crippen molar-refractivity contribution in [2.24, 2.45) is 5.92 Å². The number of halogens is 1. The number of hydrogen-bond acceptors (Lipinski definition) is 2. The van der Waals surface area contributed by atoms with Crippen LogP contribution in [0.4, 0.5) is 4.39 Å². The quantitative estimate of drug-likeness (QED) is 0.879. The van der Waals surface area contributed by atoms with E-state index >= 15 is 0 Å². The van der Waals surface area contributed by atoms with Crippen LogP contribution in [0.25, 0.3) is 0 Å². The van der Waals surface area contributed by atoms with Crippen LogP contribution in [0, 0.1) is 11.7 Å². The highest BCUT2D eigenvalue weighted by molar-refractivity contribution is 5.17. The second-order valence-electron chi connectivity index (χ2n) is 5.74. The molecule has 1 saturated heterocycles. The molecule has 2 nitrogen and oxygen atoms in total. The van der Waals surface area contributed by atoms with Crippen molar-refractivity contribution >= 4 is 0 Å². The van der Waals surface area contributed by atoms with Gasteiger partial charge in [-0.05, 0) is 69.9 Å². The lowest BCUT2D eigenvalue weighted by molar-refractivity contribution is 0.131. The normalized spacial score (nSPS) is 22.4. The number of likely N-dealkylation sites (tertiary alicyclic amines) is 1. The average molecular weight is 264 g/mol. The lowest BCUT2D eigenvalue weighted by atomic mass is 9.95. The van der Waals surface area contributed by atoms with Gasteiger partial charge in [0, 0.05) is 12.6 Å². The molecule has 106 valence electrons. The molecule has 2 atom stereocenters. The van der Waals surface area contributed by atoms with Crippen molar-refractivity contribution in [2.75, 3.05) is 26.7 Å². The first-order valence-electron chi connectivity index (χ1n) is 7.32. The van der Waals surface area contributed by atoms with Gasteiger partial charge in [0.25, 0.3) is 0 Å². The first kappa shape index (κ1) is 14.5. The summed E-state index contributed by atoms with van der Waals surface area (Å²) in [4.78, 5) is 2.55. The molecule has 1 aliphatic rings. The van der Waals surface area contributed by atoms with Crippen LogP contribution in [0.3, 0.4) is 0 Å². The van der Waals surface area contributed by atoms with Crippen molar-refractivity contribution in [3.8, 4) is 0 Å². The largest absolute Gasteiger partial charge is 0.319 e. The Bertz CT molecular complexity index is 392. The van der Waals surface area contributed by atoms with E-state index in [0.29, 0.717) is 6.04 Å². The molecule has 0 bridgehead atoms. The predicted octanol–water partition coefficient (Wildman–Crippen LogP) is 2.69. The van der Waals surface area contributed by atoms with E-state index in [4.69, 9.17) is 0 Å². The summed E-state index contributed by atoms with van der Waals surface area (Å²) in [5.74, 6) is 0.630. The Morgan fingerprint density at radius 2 is 2.32 bits per heavy atom. The van der Waals surface area contributed by atoms with Crippen molar-refractivity contribution in [3.63, 3.8) is 0 Å². The Kier molecular flexibility index (Phi) is 5.34. The van der Waals surface area contributed by atoms with Gasteiger partial charge in [0.2, 0.25) is 0 Å². The lowest BCUT2D eigenvalue weighted by Gasteiger charge is -2.37. The Balaban J connectivity index is 1.90. The zero-order valence-corrected chi connectivity index (χ0v) is 12.0. The summed E-state index contributed by atoms with van der Waals surface area (Å²) in [7, 11) is 2.02. The highest BCUT2D eigenvalue weighted by Crippen LogP contribution is 2.20. The van der Waals surface area contributed by atoms with Crippen molar-refractivity contribution in [1.29, 1.82) is 0 Å². The van der Waals surface area contributed by atoms with E-state index in [1.54, 1.807) is 12.1 Å². The van der Waals surface area contributed by atoms with Crippen LogP contribution in [0.2, 0.25) is 0 Å². The third-order valence-electron chi connectivity index (χ3n) is 4.09. The molecular formula is C16H25FN2. The number of piperidine rings is 1. The van der Waals surface area contributed by atoms with E-state index in [1.165, 1.54) is 25.5 Å². The second-order valence-corrected chi connectivity index (χ2v) is 5.74. The number of hydrogen-bond donors (Lipinski definition) is 1. The molecule has 19 heavy (non-hydrogen) atoms. The maximum absolute atomic E-state index is 13.2. The summed E-state index contributed by atoms with van der Waals surface area (Å²) in [6.07, 6.45) is 3.54. The summed E-state index contributed by atoms with van der Waals surface area (Å²) in [6.45, 7) is 5.70. The minimum atomic E-state index is -0.128. The highest BCUT2D eigenvalue weighted by Gasteiger charge is 2.23. The minimum absolute atomic E-state index is 0.128. The zero-order chi connectivity index (χ0) is 13.7. The molecule has 1 fully saturated rings. The maximum atomic E-state index is 13.2. The average Bonchev–Trinajstić information content (AvgIpc) is 2.39. The molecule has 1 aromatic carbocycles. The van der Waals surface area contributed by atoms with E-state index in [9.17, 15) is 4.39 Å². The zero-order valence-electron chi connectivity index (χ0n) is 12.0. The van der Waals surface area contributed by atoms with Gasteiger partial charge < -0.3 is 10.2 Å². The third-order valence-corrected chi connectivity index (χ3v) is 4.09. The van der Waals surface area contributed by atoms with Crippen LogP contribution in [-0.2, 0) is 6.42 Å². The summed E-state index contributed by atoms with van der Waals surface area (Å²) in [5, 5.41) is 3.28. The van der Waals surface area contributed by atoms with E-state index in [0.717, 1.165) is 31.0 Å². The van der Waals surface area contributed by atoms with E-state index in [2.05, 4.69) is 17.1 Å². The monoisotopic (exact) mass is 264 g/mol. The van der Waals surface area contributed by atoms with Gasteiger partial charge >= 0.3 is 0 Å². The second kappa shape index (κ2) is 7.01. The SMILES string of the molecule is CNCC1CCCN(C(C)Cc2cccc(F)c2)C1. The lowest BCUT2D eigenvalue weighted by Crippen LogP contribution is -2.44. The molecule has 3 heteroatoms. The minimum Gasteiger partial charge on any atom is -0.319 e. The van der Waals surface area contributed by atoms with E-state index in [-0.39, 0.29) is 5.82 Å². The van der Waals surface area contributed by atoms with Gasteiger partial charge in [0.05, 0.1) is 0 Å². The molecule has 0 saturated carbocycles. The van der Waals surface area contributed by atoms with Crippen molar-refractivity contribution in [2.45, 2.75) is 32.2 Å². The Labute approximate surface area is 116 Å². The fourth-order valence-electron chi connectivity index (χ4n) is 3.09. The fraction of sp³-hybridized carbons (Fsp3) is 0.625. The highest BCUT2D eigenvalue weighted by atomic mass is 19.1. The number of nitrogens with zero attached hydrogens (tertiary/aromatic N) is 1. The van der Waals surface area contributed by atoms with Crippen molar-refractivity contribution in [1.82, 2.24) is 10.2 Å². The van der Waals surface area contributed by atoms with Gasteiger partial charge in [-0.2, -0.15) is 0 Å². The Morgan fingerprint density at radius 3 is 3.05 bits per heavy atom. The fourth-order valence-corrected chi connectivity index (χ4v) is 3.09. The summed E-state index contributed by atoms with van der Waals surface area (Å²) >= 11 is 0. The van der Waals surface area contributed by atoms with Crippen LogP contribution in [-0.4, -0.2) is 37.6 Å². The number of benzene rings is 1. The molecule has 0 aromatic heterocycles. The topological polar surface area (TPSA) is 15.3 Å². The molecule has 1 heterocycles. The van der Waals surface area contributed by atoms with Crippen LogP contribution < -0.4 is 5.32 Å². The van der Waals surface area contributed by atoms with Gasteiger partial charge in [-0.3, -0.25) is 0 Å². The molecule has 0 spiro atoms. The third kappa shape index (κ3) is 4.29. The van der Waals surface area contributed by atoms with Gasteiger partial charge in [-0.1, -0.05) is 12.1 Å². The molecular weight excluding hydrogens is 239 g/mol. The number of rotatable bonds is 5. The molecule has 0 aliphatic carbocycles. The molecule has 2 rings (SSSR count).